The molecule has 1 aromatic rings. The van der Waals surface area contributed by atoms with Crippen molar-refractivity contribution < 1.29 is 9.53 Å². The van der Waals surface area contributed by atoms with E-state index in [-0.39, 0.29) is 0 Å². The molecule has 0 aliphatic heterocycles. The molecule has 1 heterocycles. The Morgan fingerprint density at radius 1 is 1.67 bits per heavy atom. The van der Waals surface area contributed by atoms with Crippen LogP contribution in [0.4, 0.5) is 0 Å². The minimum Gasteiger partial charge on any atom is -0.380 e. The van der Waals surface area contributed by atoms with Gasteiger partial charge >= 0.3 is 0 Å². The average molecular weight is 165 g/mol. The molecule has 0 saturated carbocycles. The summed E-state index contributed by atoms with van der Waals surface area (Å²) < 4.78 is 4.94. The zero-order valence-electron chi connectivity index (χ0n) is 7.20. The summed E-state index contributed by atoms with van der Waals surface area (Å²) >= 11 is 0. The maximum atomic E-state index is 10.5. The largest absolute Gasteiger partial charge is 0.380 e. The number of aryl methyl sites for hydroxylation is 1. The van der Waals surface area contributed by atoms with E-state index in [1.165, 1.54) is 0 Å². The van der Waals surface area contributed by atoms with Crippen LogP contribution in [0.1, 0.15) is 21.6 Å². The lowest BCUT2D eigenvalue weighted by Crippen LogP contribution is -1.97. The molecule has 0 unspecified atom stereocenters. The molecule has 0 atom stereocenters. The van der Waals surface area contributed by atoms with Crippen LogP contribution in [0.2, 0.25) is 0 Å². The quantitative estimate of drug-likeness (QED) is 0.634. The number of aldehydes is 1. The van der Waals surface area contributed by atoms with E-state index < -0.39 is 0 Å². The van der Waals surface area contributed by atoms with Crippen molar-refractivity contribution in [2.24, 2.45) is 0 Å². The van der Waals surface area contributed by atoms with E-state index in [1.54, 1.807) is 13.3 Å². The van der Waals surface area contributed by atoms with Gasteiger partial charge in [0.15, 0.2) is 6.29 Å². The monoisotopic (exact) mass is 165 g/mol. The normalized spacial score (nSPS) is 9.83. The lowest BCUT2D eigenvalue weighted by atomic mass is 10.1. The van der Waals surface area contributed by atoms with Crippen molar-refractivity contribution in [1.82, 2.24) is 4.98 Å². The fraction of sp³-hybridized carbons (Fsp3) is 0.333. The SMILES string of the molecule is COCc1cc(C)ncc1C=O. The van der Waals surface area contributed by atoms with Crippen molar-refractivity contribution in [2.45, 2.75) is 13.5 Å². The number of aromatic nitrogens is 1. The minimum atomic E-state index is 0.456. The number of carbonyl (C=O) groups is 1. The van der Waals surface area contributed by atoms with Gasteiger partial charge in [0, 0.05) is 24.6 Å². The molecule has 0 fully saturated rings. The Bertz CT molecular complexity index is 284. The van der Waals surface area contributed by atoms with Gasteiger partial charge in [-0.25, -0.2) is 0 Å². The molecule has 0 radical (unpaired) electrons. The van der Waals surface area contributed by atoms with Gasteiger partial charge in [-0.1, -0.05) is 0 Å². The second kappa shape index (κ2) is 3.97. The van der Waals surface area contributed by atoms with E-state index in [0.29, 0.717) is 12.2 Å². The van der Waals surface area contributed by atoms with Crippen LogP contribution in [0.25, 0.3) is 0 Å². The third kappa shape index (κ3) is 1.89. The van der Waals surface area contributed by atoms with E-state index in [9.17, 15) is 4.79 Å². The second-order valence-electron chi connectivity index (χ2n) is 2.58. The fourth-order valence-electron chi connectivity index (χ4n) is 1.01. The lowest BCUT2D eigenvalue weighted by Gasteiger charge is -2.03. The second-order valence-corrected chi connectivity index (χ2v) is 2.58. The highest BCUT2D eigenvalue weighted by atomic mass is 16.5. The van der Waals surface area contributed by atoms with E-state index in [0.717, 1.165) is 17.5 Å². The highest BCUT2D eigenvalue weighted by Crippen LogP contribution is 2.07. The molecule has 12 heavy (non-hydrogen) atoms. The van der Waals surface area contributed by atoms with E-state index in [2.05, 4.69) is 4.98 Å². The van der Waals surface area contributed by atoms with Crippen molar-refractivity contribution >= 4 is 6.29 Å². The first kappa shape index (κ1) is 8.87. The Labute approximate surface area is 71.4 Å². The van der Waals surface area contributed by atoms with Crippen LogP contribution in [0.3, 0.4) is 0 Å². The summed E-state index contributed by atoms with van der Waals surface area (Å²) in [5.74, 6) is 0. The van der Waals surface area contributed by atoms with Crippen LogP contribution in [0, 0.1) is 6.92 Å². The minimum absolute atomic E-state index is 0.456. The van der Waals surface area contributed by atoms with Crippen LogP contribution < -0.4 is 0 Å². The number of hydrogen-bond donors (Lipinski definition) is 0. The first-order valence-electron chi connectivity index (χ1n) is 3.67. The number of ether oxygens (including phenoxy) is 1. The molecule has 3 heteroatoms. The van der Waals surface area contributed by atoms with Gasteiger partial charge in [0.25, 0.3) is 0 Å². The lowest BCUT2D eigenvalue weighted by molar-refractivity contribution is 0.111. The summed E-state index contributed by atoms with van der Waals surface area (Å²) in [6, 6.07) is 1.85. The van der Waals surface area contributed by atoms with Gasteiger partial charge in [0.2, 0.25) is 0 Å². The molecule has 0 N–H and O–H groups in total. The summed E-state index contributed by atoms with van der Waals surface area (Å²) in [4.78, 5) is 14.5. The van der Waals surface area contributed by atoms with E-state index in [1.807, 2.05) is 13.0 Å². The summed E-state index contributed by atoms with van der Waals surface area (Å²) in [5.41, 5.74) is 2.38. The van der Waals surface area contributed by atoms with Crippen LogP contribution >= 0.6 is 0 Å². The first-order valence-corrected chi connectivity index (χ1v) is 3.67. The van der Waals surface area contributed by atoms with Crippen molar-refractivity contribution in [3.05, 3.63) is 29.1 Å². The van der Waals surface area contributed by atoms with E-state index in [4.69, 9.17) is 4.74 Å². The van der Waals surface area contributed by atoms with Gasteiger partial charge in [-0.2, -0.15) is 0 Å². The Balaban J connectivity index is 3.03. The standard InChI is InChI=1S/C9H11NO2/c1-7-3-8(6-12-2)9(5-11)4-10-7/h3-5H,6H2,1-2H3. The molecule has 0 amide bonds. The number of rotatable bonds is 3. The molecule has 0 spiro atoms. The Morgan fingerprint density at radius 2 is 2.42 bits per heavy atom. The maximum Gasteiger partial charge on any atom is 0.151 e. The van der Waals surface area contributed by atoms with Gasteiger partial charge in [-0.3, -0.25) is 9.78 Å². The van der Waals surface area contributed by atoms with Crippen molar-refractivity contribution in [2.75, 3.05) is 7.11 Å². The van der Waals surface area contributed by atoms with Crippen molar-refractivity contribution in [3.63, 3.8) is 0 Å². The first-order chi connectivity index (χ1) is 5.77. The highest BCUT2D eigenvalue weighted by molar-refractivity contribution is 5.76. The molecular weight excluding hydrogens is 154 g/mol. The zero-order chi connectivity index (χ0) is 8.97. The average Bonchev–Trinajstić information content (AvgIpc) is 2.05. The smallest absolute Gasteiger partial charge is 0.151 e. The van der Waals surface area contributed by atoms with Crippen LogP contribution in [-0.4, -0.2) is 18.4 Å². The van der Waals surface area contributed by atoms with Gasteiger partial charge in [0.05, 0.1) is 6.61 Å². The molecule has 1 rings (SSSR count). The van der Waals surface area contributed by atoms with Crippen molar-refractivity contribution in [3.8, 4) is 0 Å². The molecule has 1 aromatic heterocycles. The summed E-state index contributed by atoms with van der Waals surface area (Å²) in [7, 11) is 1.60. The van der Waals surface area contributed by atoms with Gasteiger partial charge < -0.3 is 4.74 Å². The van der Waals surface area contributed by atoms with E-state index >= 15 is 0 Å². The Hall–Kier alpha value is -1.22. The number of nitrogens with zero attached hydrogens (tertiary/aromatic N) is 1. The molecule has 0 saturated heterocycles. The Kier molecular flexibility index (Phi) is 2.94. The molecule has 64 valence electrons. The topological polar surface area (TPSA) is 39.2 Å². The maximum absolute atomic E-state index is 10.5. The van der Waals surface area contributed by atoms with Gasteiger partial charge in [-0.05, 0) is 18.6 Å². The number of pyridine rings is 1. The molecule has 0 aliphatic carbocycles. The summed E-state index contributed by atoms with van der Waals surface area (Å²) in [6.07, 6.45) is 2.36. The fourth-order valence-corrected chi connectivity index (χ4v) is 1.01. The third-order valence-corrected chi connectivity index (χ3v) is 1.59. The molecule has 0 aromatic carbocycles. The highest BCUT2D eigenvalue weighted by Gasteiger charge is 2.01. The summed E-state index contributed by atoms with van der Waals surface area (Å²) in [5, 5.41) is 0. The third-order valence-electron chi connectivity index (χ3n) is 1.59. The molecule has 3 nitrogen and oxygen atoms in total. The van der Waals surface area contributed by atoms with Crippen LogP contribution in [0.15, 0.2) is 12.3 Å². The van der Waals surface area contributed by atoms with Crippen molar-refractivity contribution in [1.29, 1.82) is 0 Å². The summed E-state index contributed by atoms with van der Waals surface area (Å²) in [6.45, 7) is 2.34. The molecular formula is C9H11NO2. The number of carbonyl (C=O) groups excluding carboxylic acids is 1. The Morgan fingerprint density at radius 3 is 3.00 bits per heavy atom. The van der Waals surface area contributed by atoms with Gasteiger partial charge in [-0.15, -0.1) is 0 Å². The molecule has 0 bridgehead atoms. The predicted octanol–water partition coefficient (Wildman–Crippen LogP) is 1.35. The van der Waals surface area contributed by atoms with Crippen LogP contribution in [-0.2, 0) is 11.3 Å². The number of hydrogen-bond acceptors (Lipinski definition) is 3. The van der Waals surface area contributed by atoms with Crippen LogP contribution in [0.5, 0.6) is 0 Å². The van der Waals surface area contributed by atoms with Gasteiger partial charge in [0.1, 0.15) is 0 Å². The zero-order valence-corrected chi connectivity index (χ0v) is 7.20. The molecule has 0 aliphatic rings. The number of methoxy groups -OCH3 is 1. The predicted molar refractivity (Wildman–Crippen MR) is 45.1 cm³/mol.